The van der Waals surface area contributed by atoms with E-state index in [4.69, 9.17) is 9.84 Å². The number of benzene rings is 1. The first-order valence-electron chi connectivity index (χ1n) is 10.6. The van der Waals surface area contributed by atoms with Crippen molar-refractivity contribution in [3.63, 3.8) is 0 Å². The molecule has 1 aromatic heterocycles. The summed E-state index contributed by atoms with van der Waals surface area (Å²) < 4.78 is 7.72. The predicted octanol–water partition coefficient (Wildman–Crippen LogP) is 4.69. The number of carboxylic acid groups (broad SMARTS) is 1. The Hall–Kier alpha value is -2.30. The number of aliphatic carboxylic acids is 1. The third-order valence-electron chi connectivity index (χ3n) is 6.42. The van der Waals surface area contributed by atoms with Crippen LogP contribution in [-0.2, 0) is 24.1 Å². The van der Waals surface area contributed by atoms with Crippen molar-refractivity contribution in [3.05, 3.63) is 46.8 Å². The molecule has 1 N–H and O–H groups in total. The number of aromatic nitrogens is 2. The maximum absolute atomic E-state index is 12.2. The number of methoxy groups -OCH3 is 1. The number of ether oxygens (including phenoxy) is 1. The molecule has 4 rings (SSSR count). The molecule has 1 aromatic carbocycles. The Morgan fingerprint density at radius 2 is 1.93 bits per heavy atom. The summed E-state index contributed by atoms with van der Waals surface area (Å²) in [6.07, 6.45) is 11.2. The van der Waals surface area contributed by atoms with E-state index < -0.39 is 11.9 Å². The maximum Gasteiger partial charge on any atom is 0.311 e. The van der Waals surface area contributed by atoms with E-state index in [1.54, 1.807) is 7.11 Å². The molecular weight excluding hydrogens is 352 g/mol. The zero-order valence-corrected chi connectivity index (χ0v) is 16.7. The van der Waals surface area contributed by atoms with Crippen LogP contribution in [0, 0.1) is 0 Å². The van der Waals surface area contributed by atoms with Crippen molar-refractivity contribution >= 4 is 5.97 Å². The highest BCUT2D eigenvalue weighted by molar-refractivity contribution is 5.77. The van der Waals surface area contributed by atoms with Crippen molar-refractivity contribution in [2.75, 3.05) is 7.11 Å². The van der Waals surface area contributed by atoms with Gasteiger partial charge in [0, 0.05) is 17.7 Å². The Bertz CT molecular complexity index is 836. The van der Waals surface area contributed by atoms with Crippen molar-refractivity contribution < 1.29 is 14.6 Å². The molecule has 2 aliphatic carbocycles. The molecule has 1 heterocycles. The van der Waals surface area contributed by atoms with Crippen molar-refractivity contribution in [2.24, 2.45) is 0 Å². The Labute approximate surface area is 166 Å². The molecule has 1 fully saturated rings. The minimum absolute atomic E-state index is 0.428. The average molecular weight is 383 g/mol. The monoisotopic (exact) mass is 382 g/mol. The summed E-state index contributed by atoms with van der Waals surface area (Å²) in [5.41, 5.74) is 4.41. The fourth-order valence-electron chi connectivity index (χ4n) is 4.97. The van der Waals surface area contributed by atoms with Gasteiger partial charge in [0.25, 0.3) is 0 Å². The predicted molar refractivity (Wildman–Crippen MR) is 108 cm³/mol. The Morgan fingerprint density at radius 1 is 1.18 bits per heavy atom. The lowest BCUT2D eigenvalue weighted by Gasteiger charge is -2.25. The second kappa shape index (κ2) is 8.38. The van der Waals surface area contributed by atoms with Crippen LogP contribution in [0.5, 0.6) is 5.75 Å². The van der Waals surface area contributed by atoms with E-state index in [0.717, 1.165) is 24.1 Å². The van der Waals surface area contributed by atoms with E-state index >= 15 is 0 Å². The molecule has 0 amide bonds. The molecular formula is C23H30N2O3. The third-order valence-corrected chi connectivity index (χ3v) is 6.42. The molecule has 0 aliphatic heterocycles. The highest BCUT2D eigenvalue weighted by Crippen LogP contribution is 2.36. The maximum atomic E-state index is 12.2. The molecule has 5 nitrogen and oxygen atoms in total. The number of nitrogens with zero attached hydrogens (tertiary/aromatic N) is 2. The van der Waals surface area contributed by atoms with Gasteiger partial charge in [0.05, 0.1) is 24.8 Å². The van der Waals surface area contributed by atoms with Gasteiger partial charge in [-0.25, -0.2) is 0 Å². The van der Waals surface area contributed by atoms with Gasteiger partial charge >= 0.3 is 5.97 Å². The summed E-state index contributed by atoms with van der Waals surface area (Å²) >= 11 is 0. The molecule has 1 saturated carbocycles. The van der Waals surface area contributed by atoms with Gasteiger partial charge < -0.3 is 9.84 Å². The van der Waals surface area contributed by atoms with Gasteiger partial charge in [-0.2, -0.15) is 5.10 Å². The lowest BCUT2D eigenvalue weighted by Crippen LogP contribution is -2.18. The molecule has 0 spiro atoms. The lowest BCUT2D eigenvalue weighted by molar-refractivity contribution is -0.138. The van der Waals surface area contributed by atoms with Gasteiger partial charge in [0.15, 0.2) is 0 Å². The van der Waals surface area contributed by atoms with Crippen LogP contribution in [0.15, 0.2) is 24.3 Å². The summed E-state index contributed by atoms with van der Waals surface area (Å²) in [6.45, 7) is 0. The molecule has 28 heavy (non-hydrogen) atoms. The van der Waals surface area contributed by atoms with Crippen LogP contribution in [-0.4, -0.2) is 28.0 Å². The second-order valence-corrected chi connectivity index (χ2v) is 8.15. The first-order valence-corrected chi connectivity index (χ1v) is 10.6. The molecule has 150 valence electrons. The van der Waals surface area contributed by atoms with Gasteiger partial charge in [0.2, 0.25) is 0 Å². The highest BCUT2D eigenvalue weighted by atomic mass is 16.5. The Balaban J connectivity index is 1.69. The SMILES string of the molecule is COc1ccccc1C(Cc1nn(C2CCCCC2)c2c1CCCC2)C(=O)O. The van der Waals surface area contributed by atoms with Gasteiger partial charge in [-0.1, -0.05) is 37.5 Å². The van der Waals surface area contributed by atoms with Crippen LogP contribution in [0.4, 0.5) is 0 Å². The topological polar surface area (TPSA) is 64.4 Å². The van der Waals surface area contributed by atoms with Gasteiger partial charge in [-0.3, -0.25) is 9.48 Å². The van der Waals surface area contributed by atoms with Crippen LogP contribution >= 0.6 is 0 Å². The molecule has 0 saturated heterocycles. The van der Waals surface area contributed by atoms with Crippen molar-refractivity contribution in [1.29, 1.82) is 0 Å². The van der Waals surface area contributed by atoms with Gasteiger partial charge in [-0.15, -0.1) is 0 Å². The first kappa shape index (κ1) is 19.0. The minimum atomic E-state index is -0.818. The number of rotatable bonds is 6. The number of fused-ring (bicyclic) bond motifs is 1. The number of carbonyl (C=O) groups is 1. The second-order valence-electron chi connectivity index (χ2n) is 8.15. The van der Waals surface area contributed by atoms with Crippen molar-refractivity contribution in [2.45, 2.75) is 76.2 Å². The lowest BCUT2D eigenvalue weighted by atomic mass is 9.88. The molecule has 5 heteroatoms. The summed E-state index contributed by atoms with van der Waals surface area (Å²) in [6, 6.07) is 7.94. The van der Waals surface area contributed by atoms with Crippen LogP contribution in [0.2, 0.25) is 0 Å². The number of carboxylic acids is 1. The molecule has 1 unspecified atom stereocenters. The normalized spacial score (nSPS) is 18.5. The van der Waals surface area contributed by atoms with E-state index in [-0.39, 0.29) is 0 Å². The van der Waals surface area contributed by atoms with Gasteiger partial charge in [-0.05, 0) is 50.2 Å². The fourth-order valence-corrected chi connectivity index (χ4v) is 4.97. The smallest absolute Gasteiger partial charge is 0.311 e. The van der Waals surface area contributed by atoms with E-state index in [1.165, 1.54) is 56.2 Å². The zero-order chi connectivity index (χ0) is 19.5. The van der Waals surface area contributed by atoms with Crippen LogP contribution in [0.1, 0.15) is 79.4 Å². The zero-order valence-electron chi connectivity index (χ0n) is 16.7. The molecule has 0 radical (unpaired) electrons. The van der Waals surface area contributed by atoms with Crippen molar-refractivity contribution in [3.8, 4) is 5.75 Å². The largest absolute Gasteiger partial charge is 0.496 e. The summed E-state index contributed by atoms with van der Waals surface area (Å²) in [5, 5.41) is 15.0. The molecule has 2 aromatic rings. The van der Waals surface area contributed by atoms with Crippen LogP contribution in [0.3, 0.4) is 0 Å². The summed E-state index contributed by atoms with van der Waals surface area (Å²) in [5.74, 6) is -0.825. The third kappa shape index (κ3) is 3.67. The Kier molecular flexibility index (Phi) is 5.69. The number of para-hydroxylation sites is 1. The standard InChI is InChI=1S/C23H30N2O3/c1-28-22-14-8-6-11-17(22)19(23(26)27)15-20-18-12-5-7-13-21(18)25(24-20)16-9-3-2-4-10-16/h6,8,11,14,16,19H,2-5,7,9-10,12-13,15H2,1H3,(H,26,27). The molecule has 2 aliphatic rings. The van der Waals surface area contributed by atoms with Crippen molar-refractivity contribution in [1.82, 2.24) is 9.78 Å². The van der Waals surface area contributed by atoms with Crippen LogP contribution < -0.4 is 4.74 Å². The van der Waals surface area contributed by atoms with Crippen LogP contribution in [0.25, 0.3) is 0 Å². The highest BCUT2D eigenvalue weighted by Gasteiger charge is 2.30. The van der Waals surface area contributed by atoms with E-state index in [9.17, 15) is 9.90 Å². The quantitative estimate of drug-likeness (QED) is 0.787. The minimum Gasteiger partial charge on any atom is -0.496 e. The number of hydrogen-bond acceptors (Lipinski definition) is 3. The molecule has 1 atom stereocenters. The summed E-state index contributed by atoms with van der Waals surface area (Å²) in [4.78, 5) is 12.2. The first-order chi connectivity index (χ1) is 13.7. The van der Waals surface area contributed by atoms with E-state index in [0.29, 0.717) is 18.2 Å². The van der Waals surface area contributed by atoms with E-state index in [2.05, 4.69) is 4.68 Å². The van der Waals surface area contributed by atoms with Gasteiger partial charge in [0.1, 0.15) is 5.75 Å². The average Bonchev–Trinajstić information content (AvgIpc) is 3.11. The fraction of sp³-hybridized carbons (Fsp3) is 0.565. The molecule has 0 bridgehead atoms. The number of hydrogen-bond donors (Lipinski definition) is 1. The van der Waals surface area contributed by atoms with E-state index in [1.807, 2.05) is 24.3 Å². The summed E-state index contributed by atoms with van der Waals surface area (Å²) in [7, 11) is 1.59. The Morgan fingerprint density at radius 3 is 2.68 bits per heavy atom.